The average molecular weight is 287 g/mol. The molecule has 0 aliphatic carbocycles. The number of hydrogen-bond donors (Lipinski definition) is 2. The highest BCUT2D eigenvalue weighted by Gasteiger charge is 2.06. The van der Waals surface area contributed by atoms with Crippen molar-refractivity contribution in [2.45, 2.75) is 6.92 Å². The summed E-state index contributed by atoms with van der Waals surface area (Å²) in [4.78, 5) is 11.9. The molecule has 0 fully saturated rings. The molecule has 1 aromatic rings. The number of benzene rings is 1. The van der Waals surface area contributed by atoms with Crippen LogP contribution in [-0.4, -0.2) is 17.4 Å². The van der Waals surface area contributed by atoms with Gasteiger partial charge in [-0.1, -0.05) is 28.1 Å². The fourth-order valence-corrected chi connectivity index (χ4v) is 1.82. The summed E-state index contributed by atoms with van der Waals surface area (Å²) in [7, 11) is 0. The van der Waals surface area contributed by atoms with E-state index in [-0.39, 0.29) is 17.4 Å². The summed E-state index contributed by atoms with van der Waals surface area (Å²) in [5, 5.41) is 2.63. The number of thiocarbonyl (C=S) groups is 1. The van der Waals surface area contributed by atoms with Gasteiger partial charge in [0.15, 0.2) is 0 Å². The number of carbonyl (C=O) groups excluding carboxylic acids is 1. The maximum atomic E-state index is 11.6. The highest BCUT2D eigenvalue weighted by Crippen LogP contribution is 2.15. The zero-order chi connectivity index (χ0) is 11.4. The van der Waals surface area contributed by atoms with E-state index >= 15 is 0 Å². The second-order valence-corrected chi connectivity index (χ2v) is 4.61. The number of aryl methyl sites for hydroxylation is 1. The predicted octanol–water partition coefficient (Wildman–Crippen LogP) is 1.77. The molecule has 5 heteroatoms. The van der Waals surface area contributed by atoms with Gasteiger partial charge in [-0.2, -0.15) is 0 Å². The van der Waals surface area contributed by atoms with E-state index in [0.717, 1.165) is 10.0 Å². The van der Waals surface area contributed by atoms with Crippen molar-refractivity contribution in [3.63, 3.8) is 0 Å². The van der Waals surface area contributed by atoms with Crippen LogP contribution in [0.25, 0.3) is 0 Å². The molecule has 0 radical (unpaired) electrons. The van der Waals surface area contributed by atoms with Crippen LogP contribution in [0, 0.1) is 6.92 Å². The molecule has 0 saturated heterocycles. The van der Waals surface area contributed by atoms with Gasteiger partial charge in [0.05, 0.1) is 11.5 Å². The van der Waals surface area contributed by atoms with Crippen LogP contribution in [0.4, 0.5) is 0 Å². The number of nitrogens with two attached hydrogens (primary N) is 1. The predicted molar refractivity (Wildman–Crippen MR) is 68.0 cm³/mol. The molecule has 0 spiro atoms. The minimum absolute atomic E-state index is 0.174. The van der Waals surface area contributed by atoms with Crippen molar-refractivity contribution < 1.29 is 4.79 Å². The Balaban J connectivity index is 2.77. The Labute approximate surface area is 102 Å². The molecule has 15 heavy (non-hydrogen) atoms. The van der Waals surface area contributed by atoms with Crippen molar-refractivity contribution in [2.75, 3.05) is 6.54 Å². The topological polar surface area (TPSA) is 55.1 Å². The van der Waals surface area contributed by atoms with E-state index in [4.69, 9.17) is 5.73 Å². The Bertz CT molecular complexity index is 386. The van der Waals surface area contributed by atoms with Gasteiger partial charge in [-0.05, 0) is 30.7 Å². The molecule has 0 bridgehead atoms. The van der Waals surface area contributed by atoms with Gasteiger partial charge in [-0.3, -0.25) is 4.79 Å². The second-order valence-electron chi connectivity index (χ2n) is 3.17. The average Bonchev–Trinajstić information content (AvgIpc) is 2.12. The van der Waals surface area contributed by atoms with E-state index in [1.165, 1.54) is 0 Å². The fraction of sp³-hybridized carbons (Fsp3) is 0.200. The normalized spacial score (nSPS) is 9.73. The van der Waals surface area contributed by atoms with E-state index in [1.54, 1.807) is 12.1 Å². The van der Waals surface area contributed by atoms with E-state index in [9.17, 15) is 4.79 Å². The summed E-state index contributed by atoms with van der Waals surface area (Å²) in [6.45, 7) is 2.15. The summed E-state index contributed by atoms with van der Waals surface area (Å²) < 4.78 is 0.878. The molecule has 0 unspecified atom stereocenters. The fourth-order valence-electron chi connectivity index (χ4n) is 1.14. The standard InChI is InChI=1S/C10H11BrN2OS/c1-6-2-7(4-8(11)3-6)10(14)13-5-9(12)15/h2-4H,5H2,1H3,(H2,12,15)(H,13,14). The van der Waals surface area contributed by atoms with Crippen LogP contribution in [-0.2, 0) is 0 Å². The van der Waals surface area contributed by atoms with E-state index < -0.39 is 0 Å². The first-order valence-electron chi connectivity index (χ1n) is 4.33. The second kappa shape index (κ2) is 5.23. The zero-order valence-electron chi connectivity index (χ0n) is 8.21. The van der Waals surface area contributed by atoms with Crippen molar-refractivity contribution in [3.05, 3.63) is 33.8 Å². The van der Waals surface area contributed by atoms with E-state index in [1.807, 2.05) is 13.0 Å². The number of hydrogen-bond acceptors (Lipinski definition) is 2. The first-order valence-corrected chi connectivity index (χ1v) is 5.53. The van der Waals surface area contributed by atoms with Crippen LogP contribution in [0.5, 0.6) is 0 Å². The summed E-state index contributed by atoms with van der Waals surface area (Å²) >= 11 is 8.00. The third-order valence-corrected chi connectivity index (χ3v) is 2.33. The van der Waals surface area contributed by atoms with Crippen LogP contribution in [0.2, 0.25) is 0 Å². The number of nitrogens with one attached hydrogen (secondary N) is 1. The van der Waals surface area contributed by atoms with Crippen LogP contribution in [0.3, 0.4) is 0 Å². The Hall–Kier alpha value is -0.940. The van der Waals surface area contributed by atoms with Gasteiger partial charge in [-0.15, -0.1) is 0 Å². The van der Waals surface area contributed by atoms with Gasteiger partial charge in [0.25, 0.3) is 5.91 Å². The van der Waals surface area contributed by atoms with Crippen molar-refractivity contribution >= 4 is 39.0 Å². The molecule has 80 valence electrons. The maximum Gasteiger partial charge on any atom is 0.251 e. The first kappa shape index (κ1) is 12.1. The monoisotopic (exact) mass is 286 g/mol. The van der Waals surface area contributed by atoms with Gasteiger partial charge in [0, 0.05) is 10.0 Å². The van der Waals surface area contributed by atoms with Gasteiger partial charge in [0.2, 0.25) is 0 Å². The molecule has 1 rings (SSSR count). The lowest BCUT2D eigenvalue weighted by atomic mass is 10.1. The van der Waals surface area contributed by atoms with Crippen molar-refractivity contribution in [3.8, 4) is 0 Å². The highest BCUT2D eigenvalue weighted by atomic mass is 79.9. The largest absolute Gasteiger partial charge is 0.392 e. The minimum Gasteiger partial charge on any atom is -0.392 e. The highest BCUT2D eigenvalue weighted by molar-refractivity contribution is 9.10. The van der Waals surface area contributed by atoms with Crippen molar-refractivity contribution in [2.24, 2.45) is 5.73 Å². The Kier molecular flexibility index (Phi) is 4.23. The van der Waals surface area contributed by atoms with Gasteiger partial charge in [-0.25, -0.2) is 0 Å². The third-order valence-electron chi connectivity index (χ3n) is 1.73. The minimum atomic E-state index is -0.174. The molecule has 3 nitrogen and oxygen atoms in total. The summed E-state index contributed by atoms with van der Waals surface area (Å²) in [6, 6.07) is 5.49. The molecule has 1 amide bonds. The Morgan fingerprint density at radius 2 is 2.20 bits per heavy atom. The Morgan fingerprint density at radius 1 is 1.53 bits per heavy atom. The molecule has 0 aliphatic rings. The summed E-state index contributed by atoms with van der Waals surface area (Å²) in [5.74, 6) is -0.174. The lowest BCUT2D eigenvalue weighted by molar-refractivity contribution is 0.0959. The van der Waals surface area contributed by atoms with Crippen LogP contribution < -0.4 is 11.1 Å². The first-order chi connectivity index (χ1) is 6.99. The molecule has 0 aliphatic heterocycles. The zero-order valence-corrected chi connectivity index (χ0v) is 10.6. The van der Waals surface area contributed by atoms with Crippen LogP contribution in [0.1, 0.15) is 15.9 Å². The molecular weight excluding hydrogens is 276 g/mol. The third kappa shape index (κ3) is 3.97. The molecule has 1 aromatic carbocycles. The molecule has 0 heterocycles. The molecule has 0 saturated carbocycles. The van der Waals surface area contributed by atoms with Gasteiger partial charge < -0.3 is 11.1 Å². The summed E-state index contributed by atoms with van der Waals surface area (Å²) in [6.07, 6.45) is 0. The van der Waals surface area contributed by atoms with Crippen LogP contribution >= 0.6 is 28.1 Å². The van der Waals surface area contributed by atoms with Crippen molar-refractivity contribution in [1.29, 1.82) is 0 Å². The van der Waals surface area contributed by atoms with E-state index in [2.05, 4.69) is 33.5 Å². The lowest BCUT2D eigenvalue weighted by Gasteiger charge is -2.05. The number of amides is 1. The quantitative estimate of drug-likeness (QED) is 0.833. The SMILES string of the molecule is Cc1cc(Br)cc(C(=O)NCC(N)=S)c1. The Morgan fingerprint density at radius 3 is 2.73 bits per heavy atom. The molecular formula is C10H11BrN2OS. The van der Waals surface area contributed by atoms with Gasteiger partial charge >= 0.3 is 0 Å². The molecule has 0 aromatic heterocycles. The molecule has 3 N–H and O–H groups in total. The number of halogens is 1. The van der Waals surface area contributed by atoms with Gasteiger partial charge in [0.1, 0.15) is 0 Å². The number of rotatable bonds is 3. The lowest BCUT2D eigenvalue weighted by Crippen LogP contribution is -2.32. The molecule has 0 atom stereocenters. The smallest absolute Gasteiger partial charge is 0.251 e. The van der Waals surface area contributed by atoms with Crippen LogP contribution in [0.15, 0.2) is 22.7 Å². The number of carbonyl (C=O) groups is 1. The van der Waals surface area contributed by atoms with Crippen molar-refractivity contribution in [1.82, 2.24) is 5.32 Å². The summed E-state index contributed by atoms with van der Waals surface area (Å²) in [5.41, 5.74) is 6.90. The maximum absolute atomic E-state index is 11.6. The van der Waals surface area contributed by atoms with E-state index in [0.29, 0.717) is 5.56 Å².